The van der Waals surface area contributed by atoms with Crippen LogP contribution < -0.4 is 20.1 Å². The van der Waals surface area contributed by atoms with Crippen molar-refractivity contribution in [2.45, 2.75) is 38.8 Å². The summed E-state index contributed by atoms with van der Waals surface area (Å²) >= 11 is 0. The number of nitrogens with zero attached hydrogens (tertiary/aromatic N) is 2. The molecular weight excluding hydrogens is 443 g/mol. The van der Waals surface area contributed by atoms with E-state index in [0.29, 0.717) is 12.6 Å². The van der Waals surface area contributed by atoms with E-state index in [-0.39, 0.29) is 24.0 Å². The van der Waals surface area contributed by atoms with Gasteiger partial charge in [-0.05, 0) is 31.9 Å². The van der Waals surface area contributed by atoms with Crippen LogP contribution in [0.2, 0.25) is 0 Å². The van der Waals surface area contributed by atoms with Crippen LogP contribution in [-0.2, 0) is 6.54 Å². The van der Waals surface area contributed by atoms with Crippen LogP contribution in [0.1, 0.15) is 31.7 Å². The van der Waals surface area contributed by atoms with Crippen LogP contribution in [-0.4, -0.2) is 57.8 Å². The van der Waals surface area contributed by atoms with Crippen molar-refractivity contribution >= 4 is 29.9 Å². The van der Waals surface area contributed by atoms with Crippen molar-refractivity contribution in [3.63, 3.8) is 0 Å². The van der Waals surface area contributed by atoms with Crippen molar-refractivity contribution in [3.8, 4) is 11.5 Å². The van der Waals surface area contributed by atoms with Gasteiger partial charge in [0, 0.05) is 38.3 Å². The number of likely N-dealkylation sites (tertiary alicyclic amines) is 1. The lowest BCUT2D eigenvalue weighted by Gasteiger charge is -2.32. The Morgan fingerprint density at radius 1 is 1.23 bits per heavy atom. The van der Waals surface area contributed by atoms with Crippen LogP contribution in [0.15, 0.2) is 23.2 Å². The van der Waals surface area contributed by atoms with Gasteiger partial charge in [0.05, 0.1) is 14.2 Å². The lowest BCUT2D eigenvalue weighted by Crippen LogP contribution is -2.48. The van der Waals surface area contributed by atoms with Gasteiger partial charge >= 0.3 is 0 Å². The van der Waals surface area contributed by atoms with Crippen molar-refractivity contribution in [2.24, 2.45) is 4.99 Å². The quantitative estimate of drug-likeness (QED) is 0.360. The van der Waals surface area contributed by atoms with Crippen molar-refractivity contribution in [1.82, 2.24) is 15.5 Å². The van der Waals surface area contributed by atoms with Gasteiger partial charge in [-0.2, -0.15) is 0 Å². The van der Waals surface area contributed by atoms with Crippen LogP contribution in [0.5, 0.6) is 11.5 Å². The minimum absolute atomic E-state index is 0. The number of benzene rings is 1. The Bertz CT molecular complexity index is 560. The number of aliphatic imine (C=N–C) groups is 1. The number of hydrogen-bond acceptors (Lipinski definition) is 4. The zero-order valence-corrected chi connectivity index (χ0v) is 18.7. The predicted octanol–water partition coefficient (Wildman–Crippen LogP) is 2.86. The number of para-hydroxylation sites is 1. The molecule has 0 spiro atoms. The highest BCUT2D eigenvalue weighted by molar-refractivity contribution is 14.0. The number of ether oxygens (including phenoxy) is 2. The fourth-order valence-electron chi connectivity index (χ4n) is 3.28. The molecule has 1 aliphatic heterocycles. The summed E-state index contributed by atoms with van der Waals surface area (Å²) in [6.45, 7) is 6.39. The molecule has 0 radical (unpaired) electrons. The molecule has 0 bridgehead atoms. The molecule has 7 heteroatoms. The minimum Gasteiger partial charge on any atom is -0.493 e. The maximum absolute atomic E-state index is 5.49. The molecule has 148 valence electrons. The normalized spacial score (nSPS) is 15.9. The van der Waals surface area contributed by atoms with Gasteiger partial charge in [0.15, 0.2) is 17.5 Å². The predicted molar refractivity (Wildman–Crippen MR) is 118 cm³/mol. The van der Waals surface area contributed by atoms with E-state index in [0.717, 1.165) is 49.0 Å². The molecule has 0 atom stereocenters. The maximum Gasteiger partial charge on any atom is 0.191 e. The number of piperidine rings is 1. The third-order valence-corrected chi connectivity index (χ3v) is 4.62. The first-order valence-electron chi connectivity index (χ1n) is 9.11. The SMILES string of the molecule is CCCN1CCC(NC(=NC)NCc2cccc(OC)c2OC)CC1.I. The topological polar surface area (TPSA) is 58.1 Å². The molecule has 6 nitrogen and oxygen atoms in total. The van der Waals surface area contributed by atoms with E-state index in [2.05, 4.69) is 27.4 Å². The molecule has 0 unspecified atom stereocenters. The second-order valence-corrected chi connectivity index (χ2v) is 6.34. The number of rotatable bonds is 7. The van der Waals surface area contributed by atoms with Gasteiger partial charge in [-0.3, -0.25) is 4.99 Å². The van der Waals surface area contributed by atoms with Gasteiger partial charge in [0.2, 0.25) is 0 Å². The van der Waals surface area contributed by atoms with E-state index in [9.17, 15) is 0 Å². The monoisotopic (exact) mass is 476 g/mol. The van der Waals surface area contributed by atoms with E-state index in [4.69, 9.17) is 9.47 Å². The molecule has 0 aliphatic carbocycles. The van der Waals surface area contributed by atoms with E-state index in [1.165, 1.54) is 13.0 Å². The minimum atomic E-state index is 0. The number of methoxy groups -OCH3 is 2. The number of hydrogen-bond donors (Lipinski definition) is 2. The van der Waals surface area contributed by atoms with Gasteiger partial charge in [-0.15, -0.1) is 24.0 Å². The Hall–Kier alpha value is -1.22. The van der Waals surface area contributed by atoms with Gasteiger partial charge in [0.1, 0.15) is 0 Å². The Balaban J connectivity index is 0.00000338. The van der Waals surface area contributed by atoms with Crippen LogP contribution in [0.4, 0.5) is 0 Å². The Morgan fingerprint density at radius 3 is 2.54 bits per heavy atom. The van der Waals surface area contributed by atoms with Crippen LogP contribution >= 0.6 is 24.0 Å². The van der Waals surface area contributed by atoms with E-state index in [1.54, 1.807) is 14.2 Å². The maximum atomic E-state index is 5.49. The Morgan fingerprint density at radius 2 is 1.96 bits per heavy atom. The number of halogens is 1. The first-order chi connectivity index (χ1) is 12.2. The zero-order chi connectivity index (χ0) is 18.1. The fraction of sp³-hybridized carbons (Fsp3) is 0.632. The summed E-state index contributed by atoms with van der Waals surface area (Å²) in [7, 11) is 5.13. The summed E-state index contributed by atoms with van der Waals surface area (Å²) in [6, 6.07) is 6.38. The second kappa shape index (κ2) is 12.2. The Kier molecular flexibility index (Phi) is 10.7. The highest BCUT2D eigenvalue weighted by Crippen LogP contribution is 2.30. The standard InChI is InChI=1S/C19H32N4O2.HI/c1-5-11-23-12-9-16(10-13-23)22-19(20-2)21-14-15-7-6-8-17(24-3)18(15)25-4;/h6-8,16H,5,9-14H2,1-4H3,(H2,20,21,22);1H. The van der Waals surface area contributed by atoms with Gasteiger partial charge < -0.3 is 25.0 Å². The summed E-state index contributed by atoms with van der Waals surface area (Å²) in [4.78, 5) is 6.90. The van der Waals surface area contributed by atoms with E-state index < -0.39 is 0 Å². The molecule has 2 N–H and O–H groups in total. The average molecular weight is 476 g/mol. The van der Waals surface area contributed by atoms with Crippen molar-refractivity contribution in [3.05, 3.63) is 23.8 Å². The number of nitrogens with one attached hydrogen (secondary N) is 2. The van der Waals surface area contributed by atoms with Gasteiger partial charge in [-0.1, -0.05) is 19.1 Å². The lowest BCUT2D eigenvalue weighted by molar-refractivity contribution is 0.206. The van der Waals surface area contributed by atoms with Crippen LogP contribution in [0.25, 0.3) is 0 Å². The number of guanidine groups is 1. The third-order valence-electron chi connectivity index (χ3n) is 4.62. The zero-order valence-electron chi connectivity index (χ0n) is 16.4. The van der Waals surface area contributed by atoms with Crippen molar-refractivity contribution < 1.29 is 9.47 Å². The molecule has 1 aromatic carbocycles. The summed E-state index contributed by atoms with van der Waals surface area (Å²) in [6.07, 6.45) is 3.54. The summed E-state index contributed by atoms with van der Waals surface area (Å²) in [5.41, 5.74) is 1.04. The van der Waals surface area contributed by atoms with E-state index >= 15 is 0 Å². The molecular formula is C19H33IN4O2. The van der Waals surface area contributed by atoms with Gasteiger partial charge in [0.25, 0.3) is 0 Å². The van der Waals surface area contributed by atoms with Crippen LogP contribution in [0.3, 0.4) is 0 Å². The van der Waals surface area contributed by atoms with Crippen LogP contribution in [0, 0.1) is 0 Å². The molecule has 1 heterocycles. The average Bonchev–Trinajstić information content (AvgIpc) is 2.66. The highest BCUT2D eigenvalue weighted by atomic mass is 127. The molecule has 2 rings (SSSR count). The molecule has 1 saturated heterocycles. The molecule has 26 heavy (non-hydrogen) atoms. The molecule has 0 aromatic heterocycles. The fourth-order valence-corrected chi connectivity index (χ4v) is 3.28. The molecule has 0 amide bonds. The largest absolute Gasteiger partial charge is 0.493 e. The van der Waals surface area contributed by atoms with Gasteiger partial charge in [-0.25, -0.2) is 0 Å². The first-order valence-corrected chi connectivity index (χ1v) is 9.11. The smallest absolute Gasteiger partial charge is 0.191 e. The second-order valence-electron chi connectivity index (χ2n) is 6.34. The molecule has 0 saturated carbocycles. The highest BCUT2D eigenvalue weighted by Gasteiger charge is 2.19. The lowest BCUT2D eigenvalue weighted by atomic mass is 10.1. The van der Waals surface area contributed by atoms with E-state index in [1.807, 2.05) is 25.2 Å². The summed E-state index contributed by atoms with van der Waals surface area (Å²) < 4.78 is 10.8. The first kappa shape index (κ1) is 22.8. The molecule has 1 fully saturated rings. The summed E-state index contributed by atoms with van der Waals surface area (Å²) in [5, 5.41) is 6.93. The molecule has 1 aromatic rings. The Labute approximate surface area is 174 Å². The third kappa shape index (κ3) is 6.50. The molecule has 1 aliphatic rings. The van der Waals surface area contributed by atoms with Crippen molar-refractivity contribution in [1.29, 1.82) is 0 Å². The summed E-state index contributed by atoms with van der Waals surface area (Å²) in [5.74, 6) is 2.34. The van der Waals surface area contributed by atoms with Crippen molar-refractivity contribution in [2.75, 3.05) is 40.9 Å².